The van der Waals surface area contributed by atoms with E-state index in [0.717, 1.165) is 22.9 Å². The van der Waals surface area contributed by atoms with E-state index in [-0.39, 0.29) is 24.3 Å². The number of benzene rings is 1. The van der Waals surface area contributed by atoms with Crippen molar-refractivity contribution in [2.45, 2.75) is 39.2 Å². The van der Waals surface area contributed by atoms with Crippen LogP contribution in [0.25, 0.3) is 0 Å². The van der Waals surface area contributed by atoms with Gasteiger partial charge in [0.2, 0.25) is 11.8 Å². The van der Waals surface area contributed by atoms with Crippen molar-refractivity contribution in [2.75, 3.05) is 33.9 Å². The number of rotatable bonds is 7. The summed E-state index contributed by atoms with van der Waals surface area (Å²) in [5.41, 5.74) is 0.824. The summed E-state index contributed by atoms with van der Waals surface area (Å²) in [6, 6.07) is 3.32. The van der Waals surface area contributed by atoms with Crippen LogP contribution in [-0.2, 0) is 16.0 Å². The molecule has 0 spiro atoms. The molecule has 1 saturated heterocycles. The maximum absolute atomic E-state index is 12.8. The molecule has 1 aliphatic rings. The van der Waals surface area contributed by atoms with Crippen molar-refractivity contribution in [1.82, 2.24) is 9.80 Å². The molecule has 1 fully saturated rings. The number of carbonyl (C=O) groups excluding carboxylic acids is 2. The van der Waals surface area contributed by atoms with Crippen molar-refractivity contribution in [2.24, 2.45) is 0 Å². The zero-order chi connectivity index (χ0) is 19.3. The summed E-state index contributed by atoms with van der Waals surface area (Å²) in [5, 5.41) is 0. The fourth-order valence-electron chi connectivity index (χ4n) is 3.13. The van der Waals surface area contributed by atoms with Crippen LogP contribution in [-0.4, -0.2) is 61.5 Å². The highest BCUT2D eigenvalue weighted by molar-refractivity contribution is 9.10. The molecular formula is C19H27BrN2O4. The minimum Gasteiger partial charge on any atom is -0.490 e. The Morgan fingerprint density at radius 3 is 2.38 bits per heavy atom. The maximum atomic E-state index is 12.8. The van der Waals surface area contributed by atoms with Crippen LogP contribution in [0, 0.1) is 0 Å². The number of halogens is 1. The van der Waals surface area contributed by atoms with Gasteiger partial charge in [0.05, 0.1) is 19.6 Å². The number of amides is 2. The highest BCUT2D eigenvalue weighted by Crippen LogP contribution is 2.34. The first-order valence-electron chi connectivity index (χ1n) is 8.97. The highest BCUT2D eigenvalue weighted by atomic mass is 79.9. The molecule has 6 nitrogen and oxygen atoms in total. The Bertz CT molecular complexity index is 663. The summed E-state index contributed by atoms with van der Waals surface area (Å²) < 4.78 is 12.1. The summed E-state index contributed by atoms with van der Waals surface area (Å²) in [6.45, 7) is 5.49. The Labute approximate surface area is 163 Å². The van der Waals surface area contributed by atoms with Crippen LogP contribution < -0.4 is 9.47 Å². The molecule has 7 heteroatoms. The van der Waals surface area contributed by atoms with Crippen LogP contribution in [0.1, 0.15) is 32.3 Å². The summed E-state index contributed by atoms with van der Waals surface area (Å²) in [4.78, 5) is 28.4. The molecule has 1 aromatic carbocycles. The minimum absolute atomic E-state index is 0.0170. The summed E-state index contributed by atoms with van der Waals surface area (Å²) in [5.74, 6) is 1.22. The lowest BCUT2D eigenvalue weighted by Crippen LogP contribution is -2.46. The van der Waals surface area contributed by atoms with Gasteiger partial charge in [-0.25, -0.2) is 0 Å². The molecular weight excluding hydrogens is 400 g/mol. The fourth-order valence-corrected chi connectivity index (χ4v) is 3.60. The Hall–Kier alpha value is -1.76. The molecule has 0 bridgehead atoms. The molecule has 1 heterocycles. The lowest BCUT2D eigenvalue weighted by atomic mass is 10.1. The summed E-state index contributed by atoms with van der Waals surface area (Å²) >= 11 is 3.53. The normalized spacial score (nSPS) is 16.5. The third-order valence-corrected chi connectivity index (χ3v) is 5.09. The summed E-state index contributed by atoms with van der Waals surface area (Å²) in [6.07, 6.45) is 1.78. The van der Waals surface area contributed by atoms with Crippen molar-refractivity contribution in [3.05, 3.63) is 22.2 Å². The summed E-state index contributed by atoms with van der Waals surface area (Å²) in [7, 11) is 3.45. The van der Waals surface area contributed by atoms with Crippen LogP contribution in [0.2, 0.25) is 0 Å². The average molecular weight is 427 g/mol. The van der Waals surface area contributed by atoms with Crippen molar-refractivity contribution in [1.29, 1.82) is 0 Å². The Kier molecular flexibility index (Phi) is 7.32. The third-order valence-electron chi connectivity index (χ3n) is 4.35. The van der Waals surface area contributed by atoms with Gasteiger partial charge in [-0.2, -0.15) is 0 Å². The third kappa shape index (κ3) is 4.69. The quantitative estimate of drug-likeness (QED) is 0.672. The SMILES string of the molecule is CCOc1cc(Br)c(CC(=O)N2CCCC2C(=O)N(C)C)cc1OCC. The predicted octanol–water partition coefficient (Wildman–Crippen LogP) is 2.87. The Balaban J connectivity index is 2.20. The van der Waals surface area contributed by atoms with E-state index in [0.29, 0.717) is 31.3 Å². The molecule has 0 aromatic heterocycles. The van der Waals surface area contributed by atoms with E-state index in [1.807, 2.05) is 26.0 Å². The number of hydrogen-bond donors (Lipinski definition) is 0. The van der Waals surface area contributed by atoms with Crippen LogP contribution in [0.3, 0.4) is 0 Å². The van der Waals surface area contributed by atoms with Gasteiger partial charge in [-0.05, 0) is 44.4 Å². The van der Waals surface area contributed by atoms with Gasteiger partial charge in [0.25, 0.3) is 0 Å². The molecule has 1 aromatic rings. The smallest absolute Gasteiger partial charge is 0.244 e. The molecule has 2 amide bonds. The van der Waals surface area contributed by atoms with E-state index in [9.17, 15) is 9.59 Å². The molecule has 0 N–H and O–H groups in total. The molecule has 0 saturated carbocycles. The lowest BCUT2D eigenvalue weighted by molar-refractivity contribution is -0.141. The molecule has 0 aliphatic carbocycles. The van der Waals surface area contributed by atoms with Gasteiger partial charge in [0.15, 0.2) is 11.5 Å². The number of carbonyl (C=O) groups is 2. The number of likely N-dealkylation sites (tertiary alicyclic amines) is 1. The van der Waals surface area contributed by atoms with Gasteiger partial charge < -0.3 is 19.3 Å². The molecule has 1 aliphatic heterocycles. The first-order chi connectivity index (χ1) is 12.4. The molecule has 1 atom stereocenters. The first kappa shape index (κ1) is 20.6. The maximum Gasteiger partial charge on any atom is 0.244 e. The van der Waals surface area contributed by atoms with Crippen LogP contribution >= 0.6 is 15.9 Å². The van der Waals surface area contributed by atoms with E-state index >= 15 is 0 Å². The molecule has 144 valence electrons. The molecule has 0 radical (unpaired) electrons. The fraction of sp³-hybridized carbons (Fsp3) is 0.579. The number of likely N-dealkylation sites (N-methyl/N-ethyl adjacent to an activating group) is 1. The first-order valence-corrected chi connectivity index (χ1v) is 9.76. The lowest BCUT2D eigenvalue weighted by Gasteiger charge is -2.26. The van der Waals surface area contributed by atoms with Crippen molar-refractivity contribution >= 4 is 27.7 Å². The molecule has 1 unspecified atom stereocenters. The van der Waals surface area contributed by atoms with Gasteiger partial charge in [-0.1, -0.05) is 15.9 Å². The minimum atomic E-state index is -0.356. The number of ether oxygens (including phenoxy) is 2. The largest absolute Gasteiger partial charge is 0.490 e. The Morgan fingerprint density at radius 2 is 1.81 bits per heavy atom. The standard InChI is InChI=1S/C19H27BrN2O4/c1-5-25-16-10-13(14(20)12-17(16)26-6-2)11-18(23)22-9-7-8-15(22)19(24)21(3)4/h10,12,15H,5-9,11H2,1-4H3. The van der Waals surface area contributed by atoms with Crippen LogP contribution in [0.15, 0.2) is 16.6 Å². The second-order valence-electron chi connectivity index (χ2n) is 6.41. The van der Waals surface area contributed by atoms with Crippen molar-refractivity contribution < 1.29 is 19.1 Å². The number of nitrogens with zero attached hydrogens (tertiary/aromatic N) is 2. The molecule has 2 rings (SSSR count). The second-order valence-corrected chi connectivity index (χ2v) is 7.27. The monoisotopic (exact) mass is 426 g/mol. The molecule has 26 heavy (non-hydrogen) atoms. The van der Waals surface area contributed by atoms with E-state index in [1.165, 1.54) is 0 Å². The van der Waals surface area contributed by atoms with Gasteiger partial charge in [0.1, 0.15) is 6.04 Å². The van der Waals surface area contributed by atoms with E-state index in [2.05, 4.69) is 15.9 Å². The topological polar surface area (TPSA) is 59.1 Å². The Morgan fingerprint density at radius 1 is 1.19 bits per heavy atom. The second kappa shape index (κ2) is 9.26. The van der Waals surface area contributed by atoms with E-state index in [4.69, 9.17) is 9.47 Å². The van der Waals surface area contributed by atoms with Gasteiger partial charge in [-0.3, -0.25) is 9.59 Å². The van der Waals surface area contributed by atoms with Gasteiger partial charge in [0, 0.05) is 25.1 Å². The van der Waals surface area contributed by atoms with Crippen molar-refractivity contribution in [3.8, 4) is 11.5 Å². The predicted molar refractivity (Wildman–Crippen MR) is 104 cm³/mol. The average Bonchev–Trinajstić information content (AvgIpc) is 3.08. The van der Waals surface area contributed by atoms with Crippen LogP contribution in [0.4, 0.5) is 0 Å². The van der Waals surface area contributed by atoms with E-state index in [1.54, 1.807) is 23.9 Å². The van der Waals surface area contributed by atoms with Crippen LogP contribution in [0.5, 0.6) is 11.5 Å². The van der Waals surface area contributed by atoms with Gasteiger partial charge in [-0.15, -0.1) is 0 Å². The van der Waals surface area contributed by atoms with Crippen molar-refractivity contribution in [3.63, 3.8) is 0 Å². The zero-order valence-corrected chi connectivity index (χ0v) is 17.5. The van der Waals surface area contributed by atoms with E-state index < -0.39 is 0 Å². The van der Waals surface area contributed by atoms with Gasteiger partial charge >= 0.3 is 0 Å². The number of hydrogen-bond acceptors (Lipinski definition) is 4. The zero-order valence-electron chi connectivity index (χ0n) is 15.9. The highest BCUT2D eigenvalue weighted by Gasteiger charge is 2.35.